The number of nitrogens with zero attached hydrogens (tertiary/aromatic N) is 1. The highest BCUT2D eigenvalue weighted by Crippen LogP contribution is 2.21. The molecule has 1 atom stereocenters. The minimum atomic E-state index is -0.893. The topological polar surface area (TPSA) is 52.6 Å². The molecule has 5 heteroatoms. The molecule has 24 heavy (non-hydrogen) atoms. The minimum absolute atomic E-state index is 0.291. The van der Waals surface area contributed by atoms with Gasteiger partial charge in [-0.1, -0.05) is 24.3 Å². The SMILES string of the molecule is CSc1ccc(C(CNCc2ccc(C(=O)O)cc2)N(C)C)cc1. The van der Waals surface area contributed by atoms with E-state index in [4.69, 9.17) is 5.11 Å². The van der Waals surface area contributed by atoms with Crippen molar-refractivity contribution in [1.82, 2.24) is 10.2 Å². The number of likely N-dealkylation sites (N-methyl/N-ethyl adjacent to an activating group) is 1. The summed E-state index contributed by atoms with van der Waals surface area (Å²) < 4.78 is 0. The highest BCUT2D eigenvalue weighted by atomic mass is 32.2. The Bertz CT molecular complexity index is 654. The zero-order valence-corrected chi connectivity index (χ0v) is 15.1. The van der Waals surface area contributed by atoms with E-state index in [1.54, 1.807) is 23.9 Å². The van der Waals surface area contributed by atoms with Crippen LogP contribution in [0.5, 0.6) is 0 Å². The van der Waals surface area contributed by atoms with E-state index >= 15 is 0 Å². The van der Waals surface area contributed by atoms with Crippen LogP contribution in [0.4, 0.5) is 0 Å². The predicted octanol–water partition coefficient (Wildman–Crippen LogP) is 3.50. The average molecular weight is 344 g/mol. The smallest absolute Gasteiger partial charge is 0.335 e. The summed E-state index contributed by atoms with van der Waals surface area (Å²) in [4.78, 5) is 14.3. The zero-order chi connectivity index (χ0) is 17.5. The third-order valence-corrected chi connectivity index (χ3v) is 4.74. The lowest BCUT2D eigenvalue weighted by molar-refractivity contribution is 0.0697. The Morgan fingerprint density at radius 3 is 2.25 bits per heavy atom. The van der Waals surface area contributed by atoms with Gasteiger partial charge in [-0.05, 0) is 55.7 Å². The van der Waals surface area contributed by atoms with Crippen LogP contribution in [0.2, 0.25) is 0 Å². The van der Waals surface area contributed by atoms with Gasteiger partial charge in [-0.15, -0.1) is 11.8 Å². The first kappa shape index (κ1) is 18.5. The van der Waals surface area contributed by atoms with Crippen LogP contribution in [0, 0.1) is 0 Å². The Hall–Kier alpha value is -1.82. The van der Waals surface area contributed by atoms with Crippen LogP contribution in [0.15, 0.2) is 53.4 Å². The molecule has 0 aromatic heterocycles. The van der Waals surface area contributed by atoms with E-state index in [2.05, 4.69) is 54.8 Å². The van der Waals surface area contributed by atoms with Gasteiger partial charge in [0.1, 0.15) is 0 Å². The first-order chi connectivity index (χ1) is 11.5. The van der Waals surface area contributed by atoms with E-state index < -0.39 is 5.97 Å². The van der Waals surface area contributed by atoms with Crippen molar-refractivity contribution in [2.24, 2.45) is 0 Å². The van der Waals surface area contributed by atoms with Crippen molar-refractivity contribution >= 4 is 17.7 Å². The fourth-order valence-corrected chi connectivity index (χ4v) is 2.95. The highest BCUT2D eigenvalue weighted by molar-refractivity contribution is 7.98. The molecule has 0 aliphatic carbocycles. The molecule has 0 saturated carbocycles. The van der Waals surface area contributed by atoms with E-state index in [1.807, 2.05) is 12.1 Å². The Morgan fingerprint density at radius 1 is 1.12 bits per heavy atom. The molecule has 0 spiro atoms. The summed E-state index contributed by atoms with van der Waals surface area (Å²) in [5.41, 5.74) is 2.68. The van der Waals surface area contributed by atoms with Crippen LogP contribution in [0.1, 0.15) is 27.5 Å². The number of rotatable bonds is 8. The fraction of sp³-hybridized carbons (Fsp3) is 0.316. The predicted molar refractivity (Wildman–Crippen MR) is 99.8 cm³/mol. The van der Waals surface area contributed by atoms with Crippen LogP contribution < -0.4 is 5.32 Å². The minimum Gasteiger partial charge on any atom is -0.478 e. The number of hydrogen-bond donors (Lipinski definition) is 2. The van der Waals surface area contributed by atoms with Crippen molar-refractivity contribution in [3.63, 3.8) is 0 Å². The average Bonchev–Trinajstić information content (AvgIpc) is 2.59. The van der Waals surface area contributed by atoms with E-state index in [9.17, 15) is 4.79 Å². The third kappa shape index (κ3) is 5.09. The lowest BCUT2D eigenvalue weighted by Gasteiger charge is -2.25. The number of nitrogens with one attached hydrogen (secondary N) is 1. The van der Waals surface area contributed by atoms with Crippen LogP contribution in [-0.4, -0.2) is 42.9 Å². The van der Waals surface area contributed by atoms with Gasteiger partial charge in [-0.2, -0.15) is 0 Å². The molecule has 0 aliphatic heterocycles. The standard InChI is InChI=1S/C19H24N2O2S/c1-21(2)18(15-8-10-17(24-3)11-9-15)13-20-12-14-4-6-16(7-5-14)19(22)23/h4-11,18,20H,12-13H2,1-3H3,(H,22,23). The van der Waals surface area contributed by atoms with Crippen molar-refractivity contribution in [3.05, 3.63) is 65.2 Å². The molecule has 128 valence electrons. The van der Waals surface area contributed by atoms with Gasteiger partial charge in [-0.3, -0.25) is 0 Å². The molecule has 2 N–H and O–H groups in total. The summed E-state index contributed by atoms with van der Waals surface area (Å²) >= 11 is 1.74. The first-order valence-corrected chi connectivity index (χ1v) is 9.07. The van der Waals surface area contributed by atoms with Gasteiger partial charge in [0, 0.05) is 24.0 Å². The largest absolute Gasteiger partial charge is 0.478 e. The molecule has 2 rings (SSSR count). The van der Waals surface area contributed by atoms with Crippen molar-refractivity contribution in [2.75, 3.05) is 26.9 Å². The molecule has 0 heterocycles. The van der Waals surface area contributed by atoms with Gasteiger partial charge in [0.05, 0.1) is 5.56 Å². The molecule has 0 aliphatic rings. The van der Waals surface area contributed by atoms with Gasteiger partial charge in [0.25, 0.3) is 0 Å². The molecule has 4 nitrogen and oxygen atoms in total. The molecule has 1 unspecified atom stereocenters. The van der Waals surface area contributed by atoms with Crippen molar-refractivity contribution in [3.8, 4) is 0 Å². The molecule has 2 aromatic rings. The van der Waals surface area contributed by atoms with Gasteiger partial charge < -0.3 is 15.3 Å². The monoisotopic (exact) mass is 344 g/mol. The summed E-state index contributed by atoms with van der Waals surface area (Å²) in [5, 5.41) is 12.4. The number of hydrogen-bond acceptors (Lipinski definition) is 4. The molecule has 0 bridgehead atoms. The van der Waals surface area contributed by atoms with Crippen LogP contribution in [0.25, 0.3) is 0 Å². The number of carbonyl (C=O) groups is 1. The quantitative estimate of drug-likeness (QED) is 0.718. The van der Waals surface area contributed by atoms with E-state index in [0.29, 0.717) is 18.2 Å². The maximum atomic E-state index is 10.9. The summed E-state index contributed by atoms with van der Waals surface area (Å²) in [6.07, 6.45) is 2.08. The van der Waals surface area contributed by atoms with Crippen LogP contribution >= 0.6 is 11.8 Å². The maximum Gasteiger partial charge on any atom is 0.335 e. The third-order valence-electron chi connectivity index (χ3n) is 3.99. The lowest BCUT2D eigenvalue weighted by atomic mass is 10.1. The second-order valence-corrected chi connectivity index (χ2v) is 6.77. The molecular weight excluding hydrogens is 320 g/mol. The highest BCUT2D eigenvalue weighted by Gasteiger charge is 2.13. The summed E-state index contributed by atoms with van der Waals surface area (Å²) in [6.45, 7) is 1.54. The summed E-state index contributed by atoms with van der Waals surface area (Å²) in [6, 6.07) is 16.0. The Kier molecular flexibility index (Phi) is 6.85. The first-order valence-electron chi connectivity index (χ1n) is 7.84. The van der Waals surface area contributed by atoms with Crippen LogP contribution in [-0.2, 0) is 6.54 Å². The molecule has 0 fully saturated rings. The van der Waals surface area contributed by atoms with Crippen molar-refractivity contribution in [1.29, 1.82) is 0 Å². The number of aromatic carboxylic acids is 1. The Morgan fingerprint density at radius 2 is 1.75 bits per heavy atom. The molecule has 0 saturated heterocycles. The van der Waals surface area contributed by atoms with Crippen molar-refractivity contribution < 1.29 is 9.90 Å². The number of carboxylic acids is 1. The second kappa shape index (κ2) is 8.87. The normalized spacial score (nSPS) is 12.3. The summed E-state index contributed by atoms with van der Waals surface area (Å²) in [7, 11) is 4.16. The maximum absolute atomic E-state index is 10.9. The fourth-order valence-electron chi connectivity index (χ4n) is 2.54. The lowest BCUT2D eigenvalue weighted by Crippen LogP contribution is -2.30. The van der Waals surface area contributed by atoms with Gasteiger partial charge >= 0.3 is 5.97 Å². The molecular formula is C19H24N2O2S. The van der Waals surface area contributed by atoms with Gasteiger partial charge in [0.2, 0.25) is 0 Å². The van der Waals surface area contributed by atoms with Crippen LogP contribution in [0.3, 0.4) is 0 Å². The second-order valence-electron chi connectivity index (χ2n) is 5.89. The van der Waals surface area contributed by atoms with E-state index in [1.165, 1.54) is 10.5 Å². The van der Waals surface area contributed by atoms with Gasteiger partial charge in [0.15, 0.2) is 0 Å². The molecule has 2 aromatic carbocycles. The number of carboxylic acid groups (broad SMARTS) is 1. The summed E-state index contributed by atoms with van der Waals surface area (Å²) in [5.74, 6) is -0.893. The zero-order valence-electron chi connectivity index (χ0n) is 14.3. The van der Waals surface area contributed by atoms with E-state index in [0.717, 1.165) is 12.1 Å². The van der Waals surface area contributed by atoms with Gasteiger partial charge in [-0.25, -0.2) is 4.79 Å². The van der Waals surface area contributed by atoms with Crippen molar-refractivity contribution in [2.45, 2.75) is 17.5 Å². The number of benzene rings is 2. The van der Waals surface area contributed by atoms with E-state index in [-0.39, 0.29) is 0 Å². The molecule has 0 radical (unpaired) electrons. The Balaban J connectivity index is 1.94. The molecule has 0 amide bonds. The Labute approximate surface area is 147 Å². The number of thioether (sulfide) groups is 1.